The number of methoxy groups -OCH3 is 1. The van der Waals surface area contributed by atoms with E-state index in [-0.39, 0.29) is 17.9 Å². The number of halogens is 1. The van der Waals surface area contributed by atoms with Crippen molar-refractivity contribution < 1.29 is 13.9 Å². The summed E-state index contributed by atoms with van der Waals surface area (Å²) in [5.41, 5.74) is 0.779. The van der Waals surface area contributed by atoms with Crippen molar-refractivity contribution in [2.75, 3.05) is 7.11 Å². The van der Waals surface area contributed by atoms with Gasteiger partial charge in [-0.3, -0.25) is 0 Å². The van der Waals surface area contributed by atoms with Crippen molar-refractivity contribution >= 4 is 5.97 Å². The molecule has 0 saturated heterocycles. The van der Waals surface area contributed by atoms with Gasteiger partial charge in [0.15, 0.2) is 0 Å². The second kappa shape index (κ2) is 5.27. The molecule has 0 fully saturated rings. The van der Waals surface area contributed by atoms with Gasteiger partial charge in [0, 0.05) is 0 Å². The van der Waals surface area contributed by atoms with Crippen molar-refractivity contribution in [2.45, 2.75) is 6.54 Å². The average Bonchev–Trinajstić information content (AvgIpc) is 2.85. The maximum Gasteiger partial charge on any atom is 0.377 e. The van der Waals surface area contributed by atoms with Crippen LogP contribution in [0.5, 0.6) is 0 Å². The van der Waals surface area contributed by atoms with E-state index in [0.29, 0.717) is 5.56 Å². The van der Waals surface area contributed by atoms with E-state index in [1.54, 1.807) is 6.07 Å². The Labute approximate surface area is 108 Å². The van der Waals surface area contributed by atoms with Crippen LogP contribution in [0.15, 0.2) is 24.5 Å². The quantitative estimate of drug-likeness (QED) is 0.772. The van der Waals surface area contributed by atoms with Gasteiger partial charge in [-0.25, -0.2) is 18.9 Å². The summed E-state index contributed by atoms with van der Waals surface area (Å²) in [6.07, 6.45) is 1.34. The molecule has 0 unspecified atom stereocenters. The summed E-state index contributed by atoms with van der Waals surface area (Å²) >= 11 is 0. The number of nitrogens with zero attached hydrogens (tertiary/aromatic N) is 4. The first kappa shape index (κ1) is 12.7. The van der Waals surface area contributed by atoms with E-state index >= 15 is 0 Å². The Bertz CT molecular complexity index is 660. The van der Waals surface area contributed by atoms with Crippen LogP contribution in [0.2, 0.25) is 0 Å². The maximum atomic E-state index is 13.2. The van der Waals surface area contributed by atoms with Gasteiger partial charge in [0.1, 0.15) is 12.1 Å². The highest BCUT2D eigenvalue weighted by Gasteiger charge is 2.11. The van der Waals surface area contributed by atoms with Crippen molar-refractivity contribution in [3.8, 4) is 6.07 Å². The van der Waals surface area contributed by atoms with Gasteiger partial charge in [-0.05, 0) is 23.8 Å². The van der Waals surface area contributed by atoms with Gasteiger partial charge < -0.3 is 4.74 Å². The standard InChI is InChI=1S/C12H9FN4O2/c1-19-12(18)11-15-7-17(16-11)6-9-2-8(5-14)3-10(13)4-9/h2-4,7H,6H2,1H3. The minimum Gasteiger partial charge on any atom is -0.463 e. The molecule has 0 saturated carbocycles. The summed E-state index contributed by atoms with van der Waals surface area (Å²) in [6.45, 7) is 0.205. The van der Waals surface area contributed by atoms with Gasteiger partial charge in [0.2, 0.25) is 0 Å². The Morgan fingerprint density at radius 2 is 2.32 bits per heavy atom. The van der Waals surface area contributed by atoms with Crippen LogP contribution in [-0.4, -0.2) is 27.8 Å². The summed E-state index contributed by atoms with van der Waals surface area (Å²) in [6, 6.07) is 5.85. The Hall–Kier alpha value is -2.75. The number of carbonyl (C=O) groups is 1. The summed E-state index contributed by atoms with van der Waals surface area (Å²) in [5.74, 6) is -1.21. The minimum atomic E-state index is -0.643. The molecule has 0 amide bonds. The molecule has 2 rings (SSSR count). The number of ether oxygens (including phenoxy) is 1. The van der Waals surface area contributed by atoms with Crippen LogP contribution in [0, 0.1) is 17.1 Å². The number of benzene rings is 1. The van der Waals surface area contributed by atoms with E-state index in [0.717, 1.165) is 6.07 Å². The molecule has 6 nitrogen and oxygen atoms in total. The lowest BCUT2D eigenvalue weighted by Gasteiger charge is -2.02. The fourth-order valence-corrected chi connectivity index (χ4v) is 1.55. The van der Waals surface area contributed by atoms with E-state index in [2.05, 4.69) is 14.8 Å². The highest BCUT2D eigenvalue weighted by molar-refractivity contribution is 5.84. The zero-order chi connectivity index (χ0) is 13.8. The van der Waals surface area contributed by atoms with E-state index in [9.17, 15) is 9.18 Å². The third kappa shape index (κ3) is 2.93. The second-order valence-corrected chi connectivity index (χ2v) is 3.72. The van der Waals surface area contributed by atoms with E-state index in [4.69, 9.17) is 5.26 Å². The van der Waals surface area contributed by atoms with Crippen molar-refractivity contribution in [1.82, 2.24) is 14.8 Å². The number of esters is 1. The summed E-state index contributed by atoms with van der Waals surface area (Å²) < 4.78 is 19.1. The van der Waals surface area contributed by atoms with Crippen molar-refractivity contribution in [3.05, 3.63) is 47.3 Å². The number of carbonyl (C=O) groups excluding carboxylic acids is 1. The summed E-state index contributed by atoms with van der Waals surface area (Å²) in [5, 5.41) is 12.6. The molecule has 0 spiro atoms. The molecule has 1 heterocycles. The largest absolute Gasteiger partial charge is 0.463 e. The van der Waals surface area contributed by atoms with Crippen LogP contribution in [0.4, 0.5) is 4.39 Å². The zero-order valence-corrected chi connectivity index (χ0v) is 10.00. The third-order valence-corrected chi connectivity index (χ3v) is 2.34. The van der Waals surface area contributed by atoms with Crippen molar-refractivity contribution in [1.29, 1.82) is 5.26 Å². The smallest absolute Gasteiger partial charge is 0.377 e. The molecule has 0 N–H and O–H groups in total. The number of hydrogen-bond donors (Lipinski definition) is 0. The van der Waals surface area contributed by atoms with Crippen LogP contribution in [0.3, 0.4) is 0 Å². The van der Waals surface area contributed by atoms with Crippen LogP contribution in [0.1, 0.15) is 21.7 Å². The second-order valence-electron chi connectivity index (χ2n) is 3.72. The van der Waals surface area contributed by atoms with Crippen LogP contribution < -0.4 is 0 Å². The predicted octanol–water partition coefficient (Wildman–Crippen LogP) is 1.12. The van der Waals surface area contributed by atoms with Crippen LogP contribution in [0.25, 0.3) is 0 Å². The molecule has 19 heavy (non-hydrogen) atoms. The van der Waals surface area contributed by atoms with Gasteiger partial charge in [0.05, 0.1) is 25.3 Å². The number of aromatic nitrogens is 3. The molecule has 0 atom stereocenters. The van der Waals surface area contributed by atoms with Crippen LogP contribution >= 0.6 is 0 Å². The molecule has 1 aromatic carbocycles. The molecule has 0 aliphatic heterocycles. The maximum absolute atomic E-state index is 13.2. The van der Waals surface area contributed by atoms with Gasteiger partial charge >= 0.3 is 5.97 Å². The molecular formula is C12H9FN4O2. The highest BCUT2D eigenvalue weighted by Crippen LogP contribution is 2.10. The van der Waals surface area contributed by atoms with Crippen LogP contribution in [-0.2, 0) is 11.3 Å². The van der Waals surface area contributed by atoms with Gasteiger partial charge in [-0.15, -0.1) is 5.10 Å². The molecule has 7 heteroatoms. The molecule has 0 bridgehead atoms. The highest BCUT2D eigenvalue weighted by atomic mass is 19.1. The fraction of sp³-hybridized carbons (Fsp3) is 0.167. The van der Waals surface area contributed by atoms with E-state index in [1.807, 2.05) is 6.07 Å². The lowest BCUT2D eigenvalue weighted by molar-refractivity contribution is 0.0586. The van der Waals surface area contributed by atoms with Gasteiger partial charge in [0.25, 0.3) is 5.82 Å². The Balaban J connectivity index is 2.22. The zero-order valence-electron chi connectivity index (χ0n) is 10.00. The lowest BCUT2D eigenvalue weighted by atomic mass is 10.1. The molecule has 2 aromatic rings. The topological polar surface area (TPSA) is 80.8 Å². The Kier molecular flexibility index (Phi) is 3.52. The normalized spacial score (nSPS) is 9.95. The number of rotatable bonds is 3. The first-order valence-electron chi connectivity index (χ1n) is 5.29. The summed E-state index contributed by atoms with van der Waals surface area (Å²) in [7, 11) is 1.23. The molecule has 0 aliphatic carbocycles. The molecule has 0 radical (unpaired) electrons. The lowest BCUT2D eigenvalue weighted by Crippen LogP contribution is -2.06. The minimum absolute atomic E-state index is 0.0700. The molecule has 0 aliphatic rings. The third-order valence-electron chi connectivity index (χ3n) is 2.34. The van der Waals surface area contributed by atoms with Crippen molar-refractivity contribution in [3.63, 3.8) is 0 Å². The van der Waals surface area contributed by atoms with E-state index in [1.165, 1.54) is 24.2 Å². The van der Waals surface area contributed by atoms with Gasteiger partial charge in [-0.1, -0.05) is 0 Å². The fourth-order valence-electron chi connectivity index (χ4n) is 1.55. The average molecular weight is 260 g/mol. The monoisotopic (exact) mass is 260 g/mol. The SMILES string of the molecule is COC(=O)c1ncn(Cc2cc(F)cc(C#N)c2)n1. The predicted molar refractivity (Wildman–Crippen MR) is 61.6 cm³/mol. The number of hydrogen-bond acceptors (Lipinski definition) is 5. The first-order chi connectivity index (χ1) is 9.12. The molecule has 1 aromatic heterocycles. The number of nitriles is 1. The molecular weight excluding hydrogens is 251 g/mol. The molecule has 96 valence electrons. The Morgan fingerprint density at radius 3 is 3.00 bits per heavy atom. The van der Waals surface area contributed by atoms with E-state index < -0.39 is 11.8 Å². The Morgan fingerprint density at radius 1 is 1.53 bits per heavy atom. The van der Waals surface area contributed by atoms with Gasteiger partial charge in [-0.2, -0.15) is 5.26 Å². The summed E-state index contributed by atoms with van der Waals surface area (Å²) in [4.78, 5) is 14.9. The van der Waals surface area contributed by atoms with Crippen molar-refractivity contribution in [2.24, 2.45) is 0 Å². The first-order valence-corrected chi connectivity index (χ1v) is 5.29.